The number of piperidine rings is 1. The highest BCUT2D eigenvalue weighted by molar-refractivity contribution is 5.81. The highest BCUT2D eigenvalue weighted by Gasteiger charge is 2.52. The van der Waals surface area contributed by atoms with E-state index in [1.54, 1.807) is 0 Å². The van der Waals surface area contributed by atoms with Gasteiger partial charge in [-0.1, -0.05) is 25.0 Å². The fraction of sp³-hybridized carbons (Fsp3) is 0.600. The second-order valence-corrected chi connectivity index (χ2v) is 7.72. The Bertz CT molecular complexity index is 699. The van der Waals surface area contributed by atoms with E-state index in [0.717, 1.165) is 24.0 Å². The summed E-state index contributed by atoms with van der Waals surface area (Å²) in [5.41, 5.74) is 0.822. The van der Waals surface area contributed by atoms with Crippen molar-refractivity contribution in [2.45, 2.75) is 45.6 Å². The molecule has 142 valence electrons. The van der Waals surface area contributed by atoms with Gasteiger partial charge in [0.1, 0.15) is 11.2 Å². The van der Waals surface area contributed by atoms with Crippen LogP contribution < -0.4 is 4.74 Å². The van der Waals surface area contributed by atoms with Gasteiger partial charge in [-0.15, -0.1) is 0 Å². The normalized spacial score (nSPS) is 25.8. The molecule has 2 aliphatic rings. The molecule has 0 bridgehead atoms. The molecule has 1 amide bonds. The molecule has 2 fully saturated rings. The monoisotopic (exact) mass is 361 g/mol. The van der Waals surface area contributed by atoms with Gasteiger partial charge >= 0.3 is 5.97 Å². The molecule has 3 rings (SSSR count). The van der Waals surface area contributed by atoms with E-state index in [2.05, 4.69) is 0 Å². The minimum absolute atomic E-state index is 0.0506. The van der Waals surface area contributed by atoms with Crippen molar-refractivity contribution >= 4 is 11.9 Å². The maximum Gasteiger partial charge on any atom is 0.314 e. The van der Waals surface area contributed by atoms with Crippen LogP contribution in [-0.4, -0.2) is 52.8 Å². The molecule has 26 heavy (non-hydrogen) atoms. The van der Waals surface area contributed by atoms with Crippen LogP contribution >= 0.6 is 0 Å². The first-order valence-electron chi connectivity index (χ1n) is 9.22. The van der Waals surface area contributed by atoms with E-state index in [9.17, 15) is 19.8 Å². The van der Waals surface area contributed by atoms with Gasteiger partial charge in [0.25, 0.3) is 5.91 Å². The third-order valence-corrected chi connectivity index (χ3v) is 5.82. The van der Waals surface area contributed by atoms with Crippen LogP contribution in [-0.2, 0) is 9.59 Å². The lowest BCUT2D eigenvalue weighted by atomic mass is 9.73. The van der Waals surface area contributed by atoms with Gasteiger partial charge in [-0.3, -0.25) is 9.59 Å². The Labute approximate surface area is 153 Å². The summed E-state index contributed by atoms with van der Waals surface area (Å²) in [7, 11) is 0. The fourth-order valence-corrected chi connectivity index (χ4v) is 3.74. The summed E-state index contributed by atoms with van der Waals surface area (Å²) in [6.07, 6.45) is 1.82. The summed E-state index contributed by atoms with van der Waals surface area (Å²) in [5.74, 6) is -0.232. The molecule has 1 saturated heterocycles. The predicted molar refractivity (Wildman–Crippen MR) is 96.0 cm³/mol. The van der Waals surface area contributed by atoms with Crippen LogP contribution in [0.3, 0.4) is 0 Å². The number of aliphatic hydroxyl groups is 1. The molecule has 0 aromatic heterocycles. The number of aliphatic carboxylic acids is 1. The minimum atomic E-state index is -1.26. The molecule has 6 nitrogen and oxygen atoms in total. The van der Waals surface area contributed by atoms with E-state index in [-0.39, 0.29) is 25.5 Å². The number of amides is 1. The van der Waals surface area contributed by atoms with E-state index in [1.807, 2.05) is 32.0 Å². The van der Waals surface area contributed by atoms with Gasteiger partial charge in [0.05, 0.1) is 6.10 Å². The van der Waals surface area contributed by atoms with Crippen molar-refractivity contribution in [3.63, 3.8) is 0 Å². The van der Waals surface area contributed by atoms with Crippen molar-refractivity contribution in [1.82, 2.24) is 4.90 Å². The van der Waals surface area contributed by atoms with Crippen molar-refractivity contribution in [3.8, 4) is 5.75 Å². The number of carboxylic acid groups (broad SMARTS) is 1. The number of rotatable bonds is 6. The molecular weight excluding hydrogens is 334 g/mol. The van der Waals surface area contributed by atoms with Crippen LogP contribution in [0.5, 0.6) is 5.75 Å². The molecule has 1 aliphatic heterocycles. The number of hydrogen-bond donors (Lipinski definition) is 2. The average molecular weight is 361 g/mol. The lowest BCUT2D eigenvalue weighted by molar-refractivity contribution is -0.167. The third-order valence-electron chi connectivity index (χ3n) is 5.82. The van der Waals surface area contributed by atoms with Crippen LogP contribution in [0.4, 0.5) is 0 Å². The third kappa shape index (κ3) is 3.70. The largest absolute Gasteiger partial charge is 0.483 e. The maximum absolute atomic E-state index is 12.6. The molecule has 1 saturated carbocycles. The lowest BCUT2D eigenvalue weighted by Crippen LogP contribution is -2.58. The second kappa shape index (κ2) is 7.27. The first-order chi connectivity index (χ1) is 12.3. The van der Waals surface area contributed by atoms with Gasteiger partial charge in [-0.25, -0.2) is 0 Å². The molecule has 2 N–H and O–H groups in total. The molecular formula is C20H27NO5. The SMILES string of the molecule is Cc1cccc(OCC(=O)N2CC[C@@H](O)[C@@](CC3CC3)(C(=O)O)C2)c1C. The first kappa shape index (κ1) is 18.7. The zero-order chi connectivity index (χ0) is 18.9. The number of aryl methyl sites for hydroxylation is 1. The van der Waals surface area contributed by atoms with Gasteiger partial charge in [0, 0.05) is 13.1 Å². The summed E-state index contributed by atoms with van der Waals surface area (Å²) >= 11 is 0. The molecule has 1 heterocycles. The van der Waals surface area contributed by atoms with Crippen molar-refractivity contribution in [3.05, 3.63) is 29.3 Å². The van der Waals surface area contributed by atoms with E-state index >= 15 is 0 Å². The zero-order valence-electron chi connectivity index (χ0n) is 15.4. The first-order valence-corrected chi connectivity index (χ1v) is 9.22. The van der Waals surface area contributed by atoms with E-state index in [4.69, 9.17) is 4.74 Å². The lowest BCUT2D eigenvalue weighted by Gasteiger charge is -2.43. The highest BCUT2D eigenvalue weighted by atomic mass is 16.5. The van der Waals surface area contributed by atoms with Crippen molar-refractivity contribution in [2.75, 3.05) is 19.7 Å². The average Bonchev–Trinajstić information content (AvgIpc) is 3.41. The van der Waals surface area contributed by atoms with Crippen molar-refractivity contribution in [2.24, 2.45) is 11.3 Å². The topological polar surface area (TPSA) is 87.1 Å². The number of hydrogen-bond acceptors (Lipinski definition) is 4. The zero-order valence-corrected chi connectivity index (χ0v) is 15.4. The molecule has 1 aromatic carbocycles. The number of carboxylic acids is 1. The summed E-state index contributed by atoms with van der Waals surface area (Å²) in [6.45, 7) is 4.21. The minimum Gasteiger partial charge on any atom is -0.483 e. The summed E-state index contributed by atoms with van der Waals surface area (Å²) in [5, 5.41) is 20.2. The molecule has 6 heteroatoms. The number of nitrogens with zero attached hydrogens (tertiary/aromatic N) is 1. The Kier molecular flexibility index (Phi) is 5.23. The number of carbonyl (C=O) groups is 2. The Balaban J connectivity index is 1.67. The van der Waals surface area contributed by atoms with Gasteiger partial charge < -0.3 is 19.8 Å². The maximum atomic E-state index is 12.6. The van der Waals surface area contributed by atoms with Gasteiger partial charge in [0.2, 0.25) is 0 Å². The number of ether oxygens (including phenoxy) is 1. The molecule has 0 radical (unpaired) electrons. The highest BCUT2D eigenvalue weighted by Crippen LogP contribution is 2.45. The molecule has 0 spiro atoms. The molecule has 2 atom stereocenters. The number of aliphatic hydroxyl groups excluding tert-OH is 1. The van der Waals surface area contributed by atoms with Crippen LogP contribution in [0, 0.1) is 25.2 Å². The smallest absolute Gasteiger partial charge is 0.314 e. The van der Waals surface area contributed by atoms with Crippen LogP contribution in [0.25, 0.3) is 0 Å². The quantitative estimate of drug-likeness (QED) is 0.811. The van der Waals surface area contributed by atoms with E-state index in [0.29, 0.717) is 24.6 Å². The van der Waals surface area contributed by atoms with Crippen molar-refractivity contribution < 1.29 is 24.5 Å². The van der Waals surface area contributed by atoms with Gasteiger partial charge in [-0.05, 0) is 49.8 Å². The molecule has 1 aliphatic carbocycles. The fourth-order valence-electron chi connectivity index (χ4n) is 3.74. The van der Waals surface area contributed by atoms with E-state index in [1.165, 1.54) is 4.90 Å². The standard InChI is InChI=1S/C20H27NO5/c1-13-4-3-5-16(14(13)2)26-11-18(23)21-9-8-17(22)20(12-21,19(24)25)10-15-6-7-15/h3-5,15,17,22H,6-12H2,1-2H3,(H,24,25)/t17-,20+/m1/s1. The van der Waals surface area contributed by atoms with Crippen LogP contribution in [0.2, 0.25) is 0 Å². The van der Waals surface area contributed by atoms with Crippen LogP contribution in [0.1, 0.15) is 36.8 Å². The summed E-state index contributed by atoms with van der Waals surface area (Å²) in [4.78, 5) is 26.1. The van der Waals surface area contributed by atoms with E-state index < -0.39 is 17.5 Å². The number of likely N-dealkylation sites (tertiary alicyclic amines) is 1. The van der Waals surface area contributed by atoms with Crippen LogP contribution in [0.15, 0.2) is 18.2 Å². The summed E-state index contributed by atoms with van der Waals surface area (Å²) in [6, 6.07) is 5.68. The molecule has 0 unspecified atom stereocenters. The summed E-state index contributed by atoms with van der Waals surface area (Å²) < 4.78 is 5.68. The Morgan fingerprint density at radius 3 is 2.65 bits per heavy atom. The second-order valence-electron chi connectivity index (χ2n) is 7.72. The number of carbonyl (C=O) groups excluding carboxylic acids is 1. The Morgan fingerprint density at radius 1 is 1.27 bits per heavy atom. The number of benzene rings is 1. The Morgan fingerprint density at radius 2 is 2.00 bits per heavy atom. The molecule has 1 aromatic rings. The van der Waals surface area contributed by atoms with Crippen molar-refractivity contribution in [1.29, 1.82) is 0 Å². The Hall–Kier alpha value is -2.08. The van der Waals surface area contributed by atoms with Gasteiger partial charge in [-0.2, -0.15) is 0 Å². The van der Waals surface area contributed by atoms with Gasteiger partial charge in [0.15, 0.2) is 6.61 Å². The predicted octanol–water partition coefficient (Wildman–Crippen LogP) is 2.15.